The molecule has 1 fully saturated rings. The fraction of sp³-hybridized carbons (Fsp3) is 0.529. The third-order valence-electron chi connectivity index (χ3n) is 4.23. The molecular weight excluding hydrogens is 294 g/mol. The molecule has 1 amide bonds. The van der Waals surface area contributed by atoms with Crippen molar-refractivity contribution in [2.24, 2.45) is 7.05 Å². The van der Waals surface area contributed by atoms with E-state index in [1.807, 2.05) is 36.9 Å². The van der Waals surface area contributed by atoms with Crippen molar-refractivity contribution < 1.29 is 13.9 Å². The zero-order valence-corrected chi connectivity index (χ0v) is 13.6. The highest BCUT2D eigenvalue weighted by Gasteiger charge is 2.26. The van der Waals surface area contributed by atoms with E-state index in [0.29, 0.717) is 19.4 Å². The van der Waals surface area contributed by atoms with Crippen LogP contribution >= 0.6 is 0 Å². The van der Waals surface area contributed by atoms with Gasteiger partial charge < -0.3 is 19.0 Å². The topological polar surface area (TPSA) is 69.3 Å². The number of nitrogens with zero attached hydrogens (tertiary/aromatic N) is 2. The molecule has 0 aliphatic carbocycles. The maximum Gasteiger partial charge on any atom is 0.220 e. The first-order valence-electron chi connectivity index (χ1n) is 8.04. The normalized spacial score (nSPS) is 21.3. The Balaban J connectivity index is 1.49. The van der Waals surface area contributed by atoms with E-state index in [4.69, 9.17) is 9.15 Å². The second-order valence-electron chi connectivity index (χ2n) is 6.09. The first-order valence-corrected chi connectivity index (χ1v) is 8.04. The van der Waals surface area contributed by atoms with Crippen molar-refractivity contribution in [1.29, 1.82) is 0 Å². The fourth-order valence-electron chi connectivity index (χ4n) is 2.97. The number of hydrogen-bond donors (Lipinski definition) is 1. The number of hydrogen-bond acceptors (Lipinski definition) is 4. The van der Waals surface area contributed by atoms with Crippen molar-refractivity contribution >= 4 is 5.91 Å². The molecule has 3 rings (SSSR count). The number of amides is 1. The summed E-state index contributed by atoms with van der Waals surface area (Å²) in [6.07, 6.45) is 6.30. The molecule has 0 radical (unpaired) electrons. The highest BCUT2D eigenvalue weighted by Crippen LogP contribution is 2.27. The van der Waals surface area contributed by atoms with Crippen LogP contribution in [0, 0.1) is 6.92 Å². The van der Waals surface area contributed by atoms with Crippen molar-refractivity contribution in [2.45, 2.75) is 44.8 Å². The van der Waals surface area contributed by atoms with Crippen LogP contribution in [0.3, 0.4) is 0 Å². The molecule has 6 nitrogen and oxygen atoms in total. The van der Waals surface area contributed by atoms with Crippen LogP contribution in [0.1, 0.15) is 42.6 Å². The maximum atomic E-state index is 12.1. The molecule has 2 atom stereocenters. The van der Waals surface area contributed by atoms with Gasteiger partial charge in [0.15, 0.2) is 0 Å². The average Bonchev–Trinajstić information content (AvgIpc) is 3.14. The summed E-state index contributed by atoms with van der Waals surface area (Å²) in [6.45, 7) is 2.56. The standard InChI is InChI=1S/C17H23N3O3/c1-12-3-4-14(23-12)5-6-17(21)19-13-7-8-22-16(9-13)15-10-18-11-20(15)2/h3-4,10-11,13,16H,5-9H2,1-2H3,(H,19,21)/t13-,16+/m0/s1. The van der Waals surface area contributed by atoms with Gasteiger partial charge in [0.25, 0.3) is 0 Å². The lowest BCUT2D eigenvalue weighted by atomic mass is 10.0. The van der Waals surface area contributed by atoms with Crippen LogP contribution in [-0.2, 0) is 23.0 Å². The second kappa shape index (κ2) is 7.00. The number of rotatable bonds is 5. The van der Waals surface area contributed by atoms with Crippen LogP contribution < -0.4 is 5.32 Å². The number of aromatic nitrogens is 2. The van der Waals surface area contributed by atoms with Crippen LogP contribution in [0.15, 0.2) is 29.1 Å². The van der Waals surface area contributed by atoms with Crippen LogP contribution in [0.2, 0.25) is 0 Å². The first-order chi connectivity index (χ1) is 11.1. The maximum absolute atomic E-state index is 12.1. The molecule has 6 heteroatoms. The minimum absolute atomic E-state index is 0.00530. The van der Waals surface area contributed by atoms with Gasteiger partial charge >= 0.3 is 0 Å². The van der Waals surface area contributed by atoms with Gasteiger partial charge in [0.1, 0.15) is 17.6 Å². The average molecular weight is 317 g/mol. The predicted octanol–water partition coefficient (Wildman–Crippen LogP) is 2.29. The monoisotopic (exact) mass is 317 g/mol. The van der Waals surface area contributed by atoms with Gasteiger partial charge in [-0.25, -0.2) is 4.98 Å². The minimum Gasteiger partial charge on any atom is -0.466 e. The van der Waals surface area contributed by atoms with Crippen molar-refractivity contribution in [2.75, 3.05) is 6.61 Å². The largest absolute Gasteiger partial charge is 0.466 e. The molecule has 0 saturated carbocycles. The van der Waals surface area contributed by atoms with E-state index in [-0.39, 0.29) is 18.1 Å². The van der Waals surface area contributed by atoms with Gasteiger partial charge in [-0.1, -0.05) is 0 Å². The van der Waals surface area contributed by atoms with Gasteiger partial charge in [0.05, 0.1) is 18.2 Å². The van der Waals surface area contributed by atoms with Crippen molar-refractivity contribution in [3.8, 4) is 0 Å². The lowest BCUT2D eigenvalue weighted by Gasteiger charge is -2.30. The molecule has 124 valence electrons. The molecule has 1 aliphatic rings. The lowest BCUT2D eigenvalue weighted by molar-refractivity contribution is -0.123. The van der Waals surface area contributed by atoms with E-state index in [1.165, 1.54) is 0 Å². The Bertz CT molecular complexity index is 662. The Morgan fingerprint density at radius 3 is 3.04 bits per heavy atom. The molecule has 23 heavy (non-hydrogen) atoms. The number of furan rings is 1. The summed E-state index contributed by atoms with van der Waals surface area (Å²) in [5.74, 6) is 1.80. The summed E-state index contributed by atoms with van der Waals surface area (Å²) in [7, 11) is 1.96. The van der Waals surface area contributed by atoms with E-state index < -0.39 is 0 Å². The molecule has 2 aromatic rings. The molecule has 0 unspecified atom stereocenters. The van der Waals surface area contributed by atoms with Gasteiger partial charge in [-0.05, 0) is 31.9 Å². The SMILES string of the molecule is Cc1ccc(CCC(=O)N[C@H]2CCO[C@@H](c3cncn3C)C2)o1. The Labute approximate surface area is 135 Å². The smallest absolute Gasteiger partial charge is 0.220 e. The zero-order valence-electron chi connectivity index (χ0n) is 13.6. The van der Waals surface area contributed by atoms with Crippen molar-refractivity contribution in [3.05, 3.63) is 41.9 Å². The molecule has 0 bridgehead atoms. The number of aryl methyl sites for hydroxylation is 3. The zero-order chi connectivity index (χ0) is 16.2. The summed E-state index contributed by atoms with van der Waals surface area (Å²) >= 11 is 0. The van der Waals surface area contributed by atoms with Crippen LogP contribution in [-0.4, -0.2) is 28.1 Å². The summed E-state index contributed by atoms with van der Waals surface area (Å²) < 4.78 is 13.3. The molecule has 1 aliphatic heterocycles. The van der Waals surface area contributed by atoms with Crippen LogP contribution in [0.25, 0.3) is 0 Å². The quantitative estimate of drug-likeness (QED) is 0.918. The fourth-order valence-corrected chi connectivity index (χ4v) is 2.97. The number of carbonyl (C=O) groups excluding carboxylic acids is 1. The van der Waals surface area contributed by atoms with Gasteiger partial charge in [-0.3, -0.25) is 4.79 Å². The Kier molecular flexibility index (Phi) is 4.81. The first kappa shape index (κ1) is 15.8. The lowest BCUT2D eigenvalue weighted by Crippen LogP contribution is -2.40. The molecule has 1 N–H and O–H groups in total. The van der Waals surface area contributed by atoms with E-state index in [2.05, 4.69) is 10.3 Å². The summed E-state index contributed by atoms with van der Waals surface area (Å²) in [5.41, 5.74) is 1.05. The van der Waals surface area contributed by atoms with Gasteiger partial charge in [0.2, 0.25) is 5.91 Å². The van der Waals surface area contributed by atoms with Gasteiger partial charge in [-0.2, -0.15) is 0 Å². The van der Waals surface area contributed by atoms with E-state index in [0.717, 1.165) is 30.1 Å². The summed E-state index contributed by atoms with van der Waals surface area (Å²) in [6, 6.07) is 3.99. The Hall–Kier alpha value is -2.08. The highest BCUT2D eigenvalue weighted by atomic mass is 16.5. The van der Waals surface area contributed by atoms with Crippen molar-refractivity contribution in [3.63, 3.8) is 0 Å². The van der Waals surface area contributed by atoms with Crippen LogP contribution in [0.5, 0.6) is 0 Å². The summed E-state index contributed by atoms with van der Waals surface area (Å²) in [5, 5.41) is 3.12. The van der Waals surface area contributed by atoms with E-state index in [1.54, 1.807) is 6.33 Å². The highest BCUT2D eigenvalue weighted by molar-refractivity contribution is 5.76. The number of ether oxygens (including phenoxy) is 1. The van der Waals surface area contributed by atoms with E-state index in [9.17, 15) is 4.79 Å². The van der Waals surface area contributed by atoms with E-state index >= 15 is 0 Å². The third-order valence-corrected chi connectivity index (χ3v) is 4.23. The van der Waals surface area contributed by atoms with Gasteiger partial charge in [-0.15, -0.1) is 0 Å². The number of imidazole rings is 1. The van der Waals surface area contributed by atoms with Crippen LogP contribution in [0.4, 0.5) is 0 Å². The number of carbonyl (C=O) groups is 1. The number of nitrogens with one attached hydrogen (secondary N) is 1. The van der Waals surface area contributed by atoms with Gasteiger partial charge in [0, 0.05) is 32.5 Å². The Morgan fingerprint density at radius 1 is 1.48 bits per heavy atom. The molecule has 0 spiro atoms. The van der Waals surface area contributed by atoms with Crippen molar-refractivity contribution in [1.82, 2.24) is 14.9 Å². The predicted molar refractivity (Wildman–Crippen MR) is 84.8 cm³/mol. The molecule has 3 heterocycles. The Morgan fingerprint density at radius 2 is 2.35 bits per heavy atom. The minimum atomic E-state index is -0.00530. The second-order valence-corrected chi connectivity index (χ2v) is 6.09. The molecular formula is C17H23N3O3. The third kappa shape index (κ3) is 4.01. The molecule has 1 saturated heterocycles. The molecule has 2 aromatic heterocycles. The molecule has 0 aromatic carbocycles. The summed E-state index contributed by atoms with van der Waals surface area (Å²) in [4.78, 5) is 16.3.